The maximum Gasteiger partial charge on any atom is 0.469 e. The van der Waals surface area contributed by atoms with E-state index < -0.39 is 32.5 Å². The number of allylic oxidation sites excluding steroid dienone is 20. The molecule has 1 unspecified atom stereocenters. The van der Waals surface area contributed by atoms with E-state index in [4.69, 9.17) is 19.3 Å². The van der Waals surface area contributed by atoms with Crippen molar-refractivity contribution in [3.8, 4) is 0 Å². The lowest BCUT2D eigenvalue weighted by atomic mass is 10.1. The summed E-state index contributed by atoms with van der Waals surface area (Å²) < 4.78 is 26.2. The van der Waals surface area contributed by atoms with Crippen LogP contribution in [0.2, 0.25) is 0 Å². The highest BCUT2D eigenvalue weighted by atomic mass is 31.2. The average molecular weight is 755 g/mol. The third-order valence-electron chi connectivity index (χ3n) is 7.32. The number of hydrogen-bond acceptors (Lipinski definition) is 6. The van der Waals surface area contributed by atoms with Crippen molar-refractivity contribution in [2.45, 2.75) is 129 Å². The molecule has 0 radical (unpaired) electrons. The second-order valence-corrected chi connectivity index (χ2v) is 13.5. The second kappa shape index (κ2) is 38.2. The van der Waals surface area contributed by atoms with Gasteiger partial charge in [-0.1, -0.05) is 148 Å². The molecule has 0 aliphatic rings. The van der Waals surface area contributed by atoms with Crippen molar-refractivity contribution >= 4 is 19.8 Å². The molecule has 0 fully saturated rings. The van der Waals surface area contributed by atoms with Crippen molar-refractivity contribution in [1.82, 2.24) is 0 Å². The van der Waals surface area contributed by atoms with E-state index in [9.17, 15) is 14.2 Å². The molecule has 0 aromatic carbocycles. The SMILES string of the molecule is CC/C=C/C=C/C=C/C=C/CCCCCC(=O)OC(COC(=O)CCCCC/C=C/C/C=C/C/C=C/C/C=C/C/C=C/C/C=C/CC)COP(=O)(O)O. The van der Waals surface area contributed by atoms with Gasteiger partial charge >= 0.3 is 19.8 Å². The van der Waals surface area contributed by atoms with Crippen LogP contribution in [-0.2, 0) is 28.2 Å². The zero-order valence-corrected chi connectivity index (χ0v) is 33.2. The van der Waals surface area contributed by atoms with Crippen molar-refractivity contribution in [1.29, 1.82) is 0 Å². The van der Waals surface area contributed by atoms with Crippen LogP contribution < -0.4 is 0 Å². The Bertz CT molecular complexity index is 1260. The smallest absolute Gasteiger partial charge is 0.462 e. The number of ether oxygens (including phenoxy) is 2. The van der Waals surface area contributed by atoms with Gasteiger partial charge in [0.1, 0.15) is 6.61 Å². The summed E-state index contributed by atoms with van der Waals surface area (Å²) in [5.74, 6) is -0.986. The fourth-order valence-electron chi connectivity index (χ4n) is 4.50. The van der Waals surface area contributed by atoms with Crippen LogP contribution >= 0.6 is 7.82 Å². The Labute approximate surface area is 320 Å². The van der Waals surface area contributed by atoms with Gasteiger partial charge in [-0.25, -0.2) is 4.57 Å². The number of carbonyl (C=O) groups is 2. The minimum absolute atomic E-state index is 0.150. The highest BCUT2D eigenvalue weighted by Gasteiger charge is 2.22. The molecule has 0 saturated heterocycles. The Morgan fingerprint density at radius 1 is 0.509 bits per heavy atom. The predicted octanol–water partition coefficient (Wildman–Crippen LogP) is 11.8. The molecule has 0 bridgehead atoms. The Morgan fingerprint density at radius 3 is 1.45 bits per heavy atom. The van der Waals surface area contributed by atoms with Gasteiger partial charge in [-0.2, -0.15) is 0 Å². The van der Waals surface area contributed by atoms with Crippen molar-refractivity contribution in [2.24, 2.45) is 0 Å². The van der Waals surface area contributed by atoms with Gasteiger partial charge in [0.05, 0.1) is 6.61 Å². The van der Waals surface area contributed by atoms with Crippen molar-refractivity contribution in [3.05, 3.63) is 122 Å². The monoisotopic (exact) mass is 754 g/mol. The molecule has 0 aliphatic carbocycles. The van der Waals surface area contributed by atoms with Crippen LogP contribution in [0.15, 0.2) is 122 Å². The first kappa shape index (κ1) is 49.5. The summed E-state index contributed by atoms with van der Waals surface area (Å²) in [5, 5.41) is 0. The van der Waals surface area contributed by atoms with E-state index >= 15 is 0 Å². The number of unbranched alkanes of at least 4 members (excludes halogenated alkanes) is 6. The van der Waals surface area contributed by atoms with Crippen LogP contribution in [0.3, 0.4) is 0 Å². The van der Waals surface area contributed by atoms with Gasteiger partial charge in [-0.05, 0) is 83.5 Å². The van der Waals surface area contributed by atoms with Gasteiger partial charge in [0.15, 0.2) is 6.10 Å². The van der Waals surface area contributed by atoms with E-state index in [2.05, 4.69) is 103 Å². The van der Waals surface area contributed by atoms with Gasteiger partial charge in [0.2, 0.25) is 0 Å². The Morgan fingerprint density at radius 2 is 0.943 bits per heavy atom. The molecule has 1 atom stereocenters. The summed E-state index contributed by atoms with van der Waals surface area (Å²) >= 11 is 0. The van der Waals surface area contributed by atoms with E-state index in [0.717, 1.165) is 83.5 Å². The first-order chi connectivity index (χ1) is 25.8. The summed E-state index contributed by atoms with van der Waals surface area (Å²) in [6.07, 6.45) is 54.9. The first-order valence-corrected chi connectivity index (χ1v) is 20.9. The number of rotatable bonds is 33. The molecule has 8 nitrogen and oxygen atoms in total. The molecular formula is C44H67O8P. The van der Waals surface area contributed by atoms with Crippen molar-refractivity contribution in [2.75, 3.05) is 13.2 Å². The molecule has 0 amide bonds. The van der Waals surface area contributed by atoms with E-state index in [1.165, 1.54) is 0 Å². The molecule has 296 valence electrons. The third kappa shape index (κ3) is 41.1. The molecule has 0 saturated carbocycles. The number of phosphoric acid groups is 1. The van der Waals surface area contributed by atoms with Crippen LogP contribution in [0.4, 0.5) is 0 Å². The fourth-order valence-corrected chi connectivity index (χ4v) is 4.86. The fraction of sp³-hybridized carbons (Fsp3) is 0.500. The molecule has 2 N–H and O–H groups in total. The molecule has 0 aliphatic heterocycles. The van der Waals surface area contributed by atoms with Gasteiger partial charge < -0.3 is 19.3 Å². The standard InChI is InChI=1S/C44H67O8P/c1-3-5-7-9-11-13-15-17-18-19-20-21-22-23-24-25-27-28-30-32-34-36-38-43(45)50-40-42(41-51-53(47,48)49)52-44(46)39-37-35-33-31-29-26-16-14-12-10-8-6-4-2/h5-8,10-14,16-18,20-21,23-24,26-29,42H,3-4,9,15,19,22,25,30-41H2,1-2H3,(H2,47,48,49)/b7-5+,8-6+,12-10+,13-11+,16-14+,18-17+,21-20+,24-23+,28-27+,29-26+. The predicted molar refractivity (Wildman–Crippen MR) is 220 cm³/mol. The zero-order chi connectivity index (χ0) is 38.9. The van der Waals surface area contributed by atoms with Crippen LogP contribution in [0.1, 0.15) is 123 Å². The Kier molecular flexibility index (Phi) is 35.6. The summed E-state index contributed by atoms with van der Waals surface area (Å²) in [6.45, 7) is 3.33. The lowest BCUT2D eigenvalue weighted by Crippen LogP contribution is -2.29. The number of hydrogen-bond donors (Lipinski definition) is 2. The molecule has 0 spiro atoms. The van der Waals surface area contributed by atoms with Crippen molar-refractivity contribution in [3.63, 3.8) is 0 Å². The number of esters is 2. The molecular weight excluding hydrogens is 687 g/mol. The van der Waals surface area contributed by atoms with E-state index in [0.29, 0.717) is 12.8 Å². The maximum absolute atomic E-state index is 12.3. The minimum atomic E-state index is -4.78. The zero-order valence-electron chi connectivity index (χ0n) is 32.4. The topological polar surface area (TPSA) is 119 Å². The number of carbonyl (C=O) groups excluding carboxylic acids is 2. The van der Waals surface area contributed by atoms with Crippen LogP contribution in [0, 0.1) is 0 Å². The summed E-state index contributed by atoms with van der Waals surface area (Å²) in [7, 11) is -4.78. The molecule has 9 heteroatoms. The highest BCUT2D eigenvalue weighted by Crippen LogP contribution is 2.35. The average Bonchev–Trinajstić information content (AvgIpc) is 3.13. The van der Waals surface area contributed by atoms with Crippen molar-refractivity contribution < 1.29 is 37.9 Å². The first-order valence-electron chi connectivity index (χ1n) is 19.4. The molecule has 0 aromatic rings. The number of phosphoric ester groups is 1. The van der Waals surface area contributed by atoms with Crippen LogP contribution in [-0.4, -0.2) is 41.0 Å². The van der Waals surface area contributed by atoms with E-state index in [1.54, 1.807) is 0 Å². The minimum Gasteiger partial charge on any atom is -0.462 e. The van der Waals surface area contributed by atoms with E-state index in [-0.39, 0.29) is 19.4 Å². The lowest BCUT2D eigenvalue weighted by molar-refractivity contribution is -0.161. The van der Waals surface area contributed by atoms with E-state index in [1.807, 2.05) is 36.5 Å². The van der Waals surface area contributed by atoms with Gasteiger partial charge in [-0.15, -0.1) is 0 Å². The second-order valence-electron chi connectivity index (χ2n) is 12.2. The third-order valence-corrected chi connectivity index (χ3v) is 7.81. The normalized spacial score (nSPS) is 13.8. The summed E-state index contributed by atoms with van der Waals surface area (Å²) in [6, 6.07) is 0. The summed E-state index contributed by atoms with van der Waals surface area (Å²) in [4.78, 5) is 42.7. The summed E-state index contributed by atoms with van der Waals surface area (Å²) in [5.41, 5.74) is 0. The van der Waals surface area contributed by atoms with Gasteiger partial charge in [-0.3, -0.25) is 14.1 Å². The van der Waals surface area contributed by atoms with Crippen LogP contribution in [0.25, 0.3) is 0 Å². The van der Waals surface area contributed by atoms with Crippen LogP contribution in [0.5, 0.6) is 0 Å². The van der Waals surface area contributed by atoms with Gasteiger partial charge in [0.25, 0.3) is 0 Å². The Hall–Kier alpha value is -3.55. The lowest BCUT2D eigenvalue weighted by Gasteiger charge is -2.18. The molecule has 0 aromatic heterocycles. The Balaban J connectivity index is 4.10. The highest BCUT2D eigenvalue weighted by molar-refractivity contribution is 7.46. The maximum atomic E-state index is 12.3. The quantitative estimate of drug-likeness (QED) is 0.0223. The molecule has 0 rings (SSSR count). The molecule has 0 heterocycles. The van der Waals surface area contributed by atoms with Gasteiger partial charge in [0, 0.05) is 12.8 Å². The molecule has 53 heavy (non-hydrogen) atoms. The largest absolute Gasteiger partial charge is 0.469 e.